The molecule has 6 heteroatoms. The fourth-order valence-electron chi connectivity index (χ4n) is 2.44. The molecule has 0 saturated carbocycles. The van der Waals surface area contributed by atoms with Gasteiger partial charge in [-0.2, -0.15) is 0 Å². The highest BCUT2D eigenvalue weighted by Gasteiger charge is 2.16. The molecule has 1 aliphatic rings. The lowest BCUT2D eigenvalue weighted by atomic mass is 10.2. The van der Waals surface area contributed by atoms with Gasteiger partial charge < -0.3 is 19.7 Å². The Hall–Kier alpha value is -2.21. The Kier molecular flexibility index (Phi) is 4.71. The van der Waals surface area contributed by atoms with Gasteiger partial charge in [-0.25, -0.2) is 4.79 Å². The maximum absolute atomic E-state index is 12.4. The second-order valence-corrected chi connectivity index (χ2v) is 6.75. The number of carbonyl (C=O) groups excluding carboxylic acids is 1. The largest absolute Gasteiger partial charge is 0.454 e. The molecule has 3 rings (SSSR count). The van der Waals surface area contributed by atoms with Gasteiger partial charge in [-0.15, -0.1) is 11.3 Å². The van der Waals surface area contributed by atoms with Crippen LogP contribution in [0.3, 0.4) is 0 Å². The van der Waals surface area contributed by atoms with Crippen molar-refractivity contribution >= 4 is 17.4 Å². The predicted molar refractivity (Wildman–Crippen MR) is 89.9 cm³/mol. The van der Waals surface area contributed by atoms with Gasteiger partial charge in [0.2, 0.25) is 6.79 Å². The van der Waals surface area contributed by atoms with Crippen molar-refractivity contribution in [2.24, 2.45) is 0 Å². The molecule has 1 aliphatic heterocycles. The highest BCUT2D eigenvalue weighted by atomic mass is 32.1. The summed E-state index contributed by atoms with van der Waals surface area (Å²) in [4.78, 5) is 16.5. The van der Waals surface area contributed by atoms with Gasteiger partial charge in [-0.3, -0.25) is 0 Å². The van der Waals surface area contributed by atoms with E-state index in [1.54, 1.807) is 16.2 Å². The molecule has 2 heterocycles. The molecule has 0 radical (unpaired) electrons. The molecule has 0 bridgehead atoms. The average molecular weight is 332 g/mol. The van der Waals surface area contributed by atoms with Crippen molar-refractivity contribution in [3.63, 3.8) is 0 Å². The Labute approximate surface area is 139 Å². The maximum Gasteiger partial charge on any atom is 0.317 e. The van der Waals surface area contributed by atoms with Crippen molar-refractivity contribution in [1.82, 2.24) is 10.2 Å². The molecule has 0 atom stereocenters. The molecule has 1 N–H and O–H groups in total. The standard InChI is InChI=1S/C17H20N2O3S/c1-3-19(17(20)18-9-14-6-4-12(2)23-14)10-13-5-7-15-16(8-13)22-11-21-15/h4-8H,3,9-11H2,1-2H3,(H,18,20). The molecular weight excluding hydrogens is 312 g/mol. The van der Waals surface area contributed by atoms with Gasteiger partial charge in [0.25, 0.3) is 0 Å². The van der Waals surface area contributed by atoms with Crippen LogP contribution in [-0.4, -0.2) is 24.3 Å². The Balaban J connectivity index is 1.59. The Morgan fingerprint density at radius 3 is 2.83 bits per heavy atom. The van der Waals surface area contributed by atoms with E-state index in [0.717, 1.165) is 21.9 Å². The second-order valence-electron chi connectivity index (χ2n) is 5.37. The number of nitrogens with zero attached hydrogens (tertiary/aromatic N) is 1. The summed E-state index contributed by atoms with van der Waals surface area (Å²) < 4.78 is 10.7. The number of nitrogens with one attached hydrogen (secondary N) is 1. The predicted octanol–water partition coefficient (Wildman–Crippen LogP) is 3.52. The maximum atomic E-state index is 12.4. The second kappa shape index (κ2) is 6.91. The fraction of sp³-hybridized carbons (Fsp3) is 0.353. The van der Waals surface area contributed by atoms with E-state index < -0.39 is 0 Å². The lowest BCUT2D eigenvalue weighted by Gasteiger charge is -2.21. The molecule has 0 saturated heterocycles. The van der Waals surface area contributed by atoms with Crippen molar-refractivity contribution in [3.8, 4) is 11.5 Å². The molecule has 122 valence electrons. The van der Waals surface area contributed by atoms with E-state index in [1.807, 2.05) is 25.1 Å². The zero-order chi connectivity index (χ0) is 16.2. The van der Waals surface area contributed by atoms with E-state index >= 15 is 0 Å². The minimum Gasteiger partial charge on any atom is -0.454 e. The van der Waals surface area contributed by atoms with Crippen LogP contribution in [0.15, 0.2) is 30.3 Å². The number of ether oxygens (including phenoxy) is 2. The zero-order valence-electron chi connectivity index (χ0n) is 13.3. The molecule has 0 spiro atoms. The van der Waals surface area contributed by atoms with Crippen LogP contribution in [0.2, 0.25) is 0 Å². The normalized spacial score (nSPS) is 12.3. The summed E-state index contributed by atoms with van der Waals surface area (Å²) in [5, 5.41) is 2.98. The molecular formula is C17H20N2O3S. The van der Waals surface area contributed by atoms with Gasteiger partial charge in [-0.1, -0.05) is 6.07 Å². The van der Waals surface area contributed by atoms with E-state index in [0.29, 0.717) is 19.6 Å². The molecule has 2 amide bonds. The topological polar surface area (TPSA) is 50.8 Å². The summed E-state index contributed by atoms with van der Waals surface area (Å²) >= 11 is 1.70. The van der Waals surface area contributed by atoms with Crippen LogP contribution in [0.4, 0.5) is 4.79 Å². The van der Waals surface area contributed by atoms with E-state index in [9.17, 15) is 4.79 Å². The van der Waals surface area contributed by atoms with Crippen LogP contribution in [0.25, 0.3) is 0 Å². The Morgan fingerprint density at radius 2 is 2.09 bits per heavy atom. The number of hydrogen-bond acceptors (Lipinski definition) is 4. The SMILES string of the molecule is CCN(Cc1ccc2c(c1)OCO2)C(=O)NCc1ccc(C)s1. The molecule has 2 aromatic rings. The van der Waals surface area contributed by atoms with Crippen molar-refractivity contribution in [1.29, 1.82) is 0 Å². The van der Waals surface area contributed by atoms with Crippen molar-refractivity contribution in [3.05, 3.63) is 45.6 Å². The van der Waals surface area contributed by atoms with Gasteiger partial charge in [0.1, 0.15) is 0 Å². The Bertz CT molecular complexity index is 699. The third-order valence-corrected chi connectivity index (χ3v) is 4.69. The van der Waals surface area contributed by atoms with Gasteiger partial charge in [-0.05, 0) is 43.7 Å². The van der Waals surface area contributed by atoms with Crippen LogP contribution in [-0.2, 0) is 13.1 Å². The van der Waals surface area contributed by atoms with Gasteiger partial charge in [0.15, 0.2) is 11.5 Å². The van der Waals surface area contributed by atoms with Crippen LogP contribution < -0.4 is 14.8 Å². The molecule has 0 fully saturated rings. The number of hydrogen-bond donors (Lipinski definition) is 1. The first-order valence-electron chi connectivity index (χ1n) is 7.62. The molecule has 1 aromatic heterocycles. The van der Waals surface area contributed by atoms with Crippen molar-refractivity contribution in [2.45, 2.75) is 26.9 Å². The zero-order valence-corrected chi connectivity index (χ0v) is 14.1. The third-order valence-electron chi connectivity index (χ3n) is 3.69. The first kappa shape index (κ1) is 15.7. The van der Waals surface area contributed by atoms with Gasteiger partial charge in [0.05, 0.1) is 6.54 Å². The number of fused-ring (bicyclic) bond motifs is 1. The van der Waals surface area contributed by atoms with Gasteiger partial charge >= 0.3 is 6.03 Å². The minimum absolute atomic E-state index is 0.0591. The minimum atomic E-state index is -0.0591. The number of urea groups is 1. The molecule has 0 aliphatic carbocycles. The number of thiophene rings is 1. The fourth-order valence-corrected chi connectivity index (χ4v) is 3.27. The number of carbonyl (C=O) groups is 1. The van der Waals surface area contributed by atoms with Crippen molar-refractivity contribution in [2.75, 3.05) is 13.3 Å². The number of aryl methyl sites for hydroxylation is 1. The highest BCUT2D eigenvalue weighted by molar-refractivity contribution is 7.11. The summed E-state index contributed by atoms with van der Waals surface area (Å²) in [7, 11) is 0. The van der Waals surface area contributed by atoms with Crippen LogP contribution >= 0.6 is 11.3 Å². The number of benzene rings is 1. The summed E-state index contributed by atoms with van der Waals surface area (Å²) in [6.07, 6.45) is 0. The first-order chi connectivity index (χ1) is 11.2. The smallest absolute Gasteiger partial charge is 0.317 e. The van der Waals surface area contributed by atoms with Crippen molar-refractivity contribution < 1.29 is 14.3 Å². The quantitative estimate of drug-likeness (QED) is 0.911. The van der Waals surface area contributed by atoms with Crippen LogP contribution in [0.1, 0.15) is 22.2 Å². The monoisotopic (exact) mass is 332 g/mol. The molecule has 1 aromatic carbocycles. The van der Waals surface area contributed by atoms with E-state index in [2.05, 4.69) is 24.4 Å². The number of amides is 2. The number of rotatable bonds is 5. The van der Waals surface area contributed by atoms with Gasteiger partial charge in [0, 0.05) is 22.8 Å². The Morgan fingerprint density at radius 1 is 1.26 bits per heavy atom. The summed E-state index contributed by atoms with van der Waals surface area (Å²) in [5.74, 6) is 1.50. The molecule has 5 nitrogen and oxygen atoms in total. The average Bonchev–Trinajstić information content (AvgIpc) is 3.18. The lowest BCUT2D eigenvalue weighted by Crippen LogP contribution is -2.38. The summed E-state index contributed by atoms with van der Waals surface area (Å²) in [6, 6.07) is 9.84. The molecule has 23 heavy (non-hydrogen) atoms. The highest BCUT2D eigenvalue weighted by Crippen LogP contribution is 2.32. The first-order valence-corrected chi connectivity index (χ1v) is 8.44. The third kappa shape index (κ3) is 3.76. The summed E-state index contributed by atoms with van der Waals surface area (Å²) in [6.45, 7) is 6.05. The van der Waals surface area contributed by atoms with E-state index in [1.165, 1.54) is 4.88 Å². The lowest BCUT2D eigenvalue weighted by molar-refractivity contribution is 0.173. The molecule has 0 unspecified atom stereocenters. The van der Waals surface area contributed by atoms with E-state index in [-0.39, 0.29) is 12.8 Å². The van der Waals surface area contributed by atoms with E-state index in [4.69, 9.17) is 9.47 Å². The van der Waals surface area contributed by atoms with Crippen LogP contribution in [0, 0.1) is 6.92 Å². The van der Waals surface area contributed by atoms with Crippen LogP contribution in [0.5, 0.6) is 11.5 Å². The summed E-state index contributed by atoms with van der Waals surface area (Å²) in [5.41, 5.74) is 1.03.